The first kappa shape index (κ1) is 29.5. The van der Waals surface area contributed by atoms with E-state index in [0.717, 1.165) is 57.0 Å². The summed E-state index contributed by atoms with van der Waals surface area (Å²) in [5.74, 6) is 3.57. The SMILES string of the molecule is COc1cc(CCNC(=O)c2ccc3c(c2)nc(-c2cccc(C)c2)n3CCc2ccc(OC)c(OC)c2)cc(OC)c1. The Labute approximate surface area is 252 Å². The molecule has 0 aliphatic carbocycles. The molecule has 1 N–H and O–H groups in total. The third-order valence-corrected chi connectivity index (χ3v) is 7.47. The molecule has 0 aliphatic heterocycles. The minimum absolute atomic E-state index is 0.145. The van der Waals surface area contributed by atoms with Gasteiger partial charge in [-0.2, -0.15) is 0 Å². The molecule has 1 heterocycles. The van der Waals surface area contributed by atoms with Crippen LogP contribution in [0, 0.1) is 6.92 Å². The zero-order chi connectivity index (χ0) is 30.3. The number of aryl methyl sites for hydroxylation is 3. The largest absolute Gasteiger partial charge is 0.497 e. The highest BCUT2D eigenvalue weighted by Crippen LogP contribution is 2.30. The molecule has 5 aromatic rings. The van der Waals surface area contributed by atoms with Crippen molar-refractivity contribution in [1.82, 2.24) is 14.9 Å². The first-order chi connectivity index (χ1) is 20.9. The highest BCUT2D eigenvalue weighted by atomic mass is 16.5. The van der Waals surface area contributed by atoms with Crippen LogP contribution >= 0.6 is 0 Å². The predicted molar refractivity (Wildman–Crippen MR) is 169 cm³/mol. The number of carbonyl (C=O) groups is 1. The van der Waals surface area contributed by atoms with Crippen molar-refractivity contribution >= 4 is 16.9 Å². The monoisotopic (exact) mass is 579 g/mol. The minimum atomic E-state index is -0.145. The van der Waals surface area contributed by atoms with E-state index in [0.29, 0.717) is 36.6 Å². The van der Waals surface area contributed by atoms with E-state index >= 15 is 0 Å². The molecule has 0 unspecified atom stereocenters. The number of hydrogen-bond donors (Lipinski definition) is 1. The molecule has 0 saturated carbocycles. The minimum Gasteiger partial charge on any atom is -0.497 e. The second kappa shape index (κ2) is 13.3. The van der Waals surface area contributed by atoms with Crippen molar-refractivity contribution < 1.29 is 23.7 Å². The molecule has 8 heteroatoms. The Morgan fingerprint density at radius 3 is 2.23 bits per heavy atom. The first-order valence-electron chi connectivity index (χ1n) is 14.2. The van der Waals surface area contributed by atoms with Crippen molar-refractivity contribution in [3.8, 4) is 34.4 Å². The van der Waals surface area contributed by atoms with E-state index in [4.69, 9.17) is 23.9 Å². The van der Waals surface area contributed by atoms with E-state index in [1.54, 1.807) is 28.4 Å². The molecule has 0 spiro atoms. The van der Waals surface area contributed by atoms with Crippen LogP contribution in [0.3, 0.4) is 0 Å². The maximum Gasteiger partial charge on any atom is 0.251 e. The molecule has 0 fully saturated rings. The van der Waals surface area contributed by atoms with Crippen LogP contribution in [0.4, 0.5) is 0 Å². The molecule has 0 saturated heterocycles. The van der Waals surface area contributed by atoms with Gasteiger partial charge in [0.15, 0.2) is 11.5 Å². The number of methoxy groups -OCH3 is 4. The van der Waals surface area contributed by atoms with Crippen LogP contribution in [0.5, 0.6) is 23.0 Å². The quantitative estimate of drug-likeness (QED) is 0.188. The third-order valence-electron chi connectivity index (χ3n) is 7.47. The lowest BCUT2D eigenvalue weighted by Crippen LogP contribution is -2.25. The van der Waals surface area contributed by atoms with Crippen molar-refractivity contribution in [3.05, 3.63) is 101 Å². The standard InChI is InChI=1S/C35H37N3O5/c1-23-7-6-8-26(17-23)34-37-30-21-27(35(39)36-15-13-25-18-28(40-2)22-29(19-25)41-3)10-11-31(30)38(34)16-14-24-9-12-32(42-4)33(20-24)43-5/h6-12,17-22H,13-16H2,1-5H3,(H,36,39). The van der Waals surface area contributed by atoms with Crippen LogP contribution in [0.15, 0.2) is 78.9 Å². The fourth-order valence-corrected chi connectivity index (χ4v) is 5.21. The number of nitrogens with zero attached hydrogens (tertiary/aromatic N) is 2. The zero-order valence-corrected chi connectivity index (χ0v) is 25.3. The smallest absolute Gasteiger partial charge is 0.251 e. The first-order valence-corrected chi connectivity index (χ1v) is 14.2. The molecule has 1 aromatic heterocycles. The van der Waals surface area contributed by atoms with Crippen LogP contribution in [-0.2, 0) is 19.4 Å². The summed E-state index contributed by atoms with van der Waals surface area (Å²) in [5, 5.41) is 3.04. The molecule has 1 amide bonds. The van der Waals surface area contributed by atoms with Gasteiger partial charge in [0.25, 0.3) is 5.91 Å². The summed E-state index contributed by atoms with van der Waals surface area (Å²) in [6.07, 6.45) is 1.41. The van der Waals surface area contributed by atoms with Gasteiger partial charge in [0.2, 0.25) is 0 Å². The number of amides is 1. The summed E-state index contributed by atoms with van der Waals surface area (Å²) in [6.45, 7) is 3.25. The van der Waals surface area contributed by atoms with Gasteiger partial charge < -0.3 is 28.8 Å². The van der Waals surface area contributed by atoms with Crippen molar-refractivity contribution in [3.63, 3.8) is 0 Å². The summed E-state index contributed by atoms with van der Waals surface area (Å²) in [5.41, 5.74) is 6.64. The van der Waals surface area contributed by atoms with Crippen LogP contribution in [0.2, 0.25) is 0 Å². The Balaban J connectivity index is 1.38. The molecule has 0 aliphatic rings. The van der Waals surface area contributed by atoms with E-state index in [1.165, 1.54) is 0 Å². The van der Waals surface area contributed by atoms with Gasteiger partial charge in [0.05, 0.1) is 39.5 Å². The second-order valence-corrected chi connectivity index (χ2v) is 10.3. The lowest BCUT2D eigenvalue weighted by Gasteiger charge is -2.12. The average Bonchev–Trinajstić information content (AvgIpc) is 3.41. The van der Waals surface area contributed by atoms with Gasteiger partial charge in [-0.15, -0.1) is 0 Å². The molecule has 8 nitrogen and oxygen atoms in total. The predicted octanol–water partition coefficient (Wildman–Crippen LogP) is 6.26. The Morgan fingerprint density at radius 2 is 1.53 bits per heavy atom. The summed E-state index contributed by atoms with van der Waals surface area (Å²) >= 11 is 0. The Kier molecular flexibility index (Phi) is 9.15. The molecule has 0 bridgehead atoms. The van der Waals surface area contributed by atoms with E-state index in [9.17, 15) is 4.79 Å². The third kappa shape index (κ3) is 6.75. The molecular weight excluding hydrogens is 542 g/mol. The highest BCUT2D eigenvalue weighted by Gasteiger charge is 2.16. The number of carbonyl (C=O) groups excluding carboxylic acids is 1. The summed E-state index contributed by atoms with van der Waals surface area (Å²) < 4.78 is 23.8. The molecule has 222 valence electrons. The van der Waals surface area contributed by atoms with Gasteiger partial charge in [-0.3, -0.25) is 4.79 Å². The normalized spacial score (nSPS) is 10.9. The van der Waals surface area contributed by atoms with Gasteiger partial charge in [0.1, 0.15) is 17.3 Å². The number of imidazole rings is 1. The highest BCUT2D eigenvalue weighted by molar-refractivity contribution is 5.97. The fraction of sp³-hybridized carbons (Fsp3) is 0.257. The number of rotatable bonds is 12. The van der Waals surface area contributed by atoms with E-state index < -0.39 is 0 Å². The van der Waals surface area contributed by atoms with E-state index in [2.05, 4.69) is 41.1 Å². The van der Waals surface area contributed by atoms with Crippen LogP contribution in [0.1, 0.15) is 27.0 Å². The van der Waals surface area contributed by atoms with Gasteiger partial charge in [-0.25, -0.2) is 4.98 Å². The fourth-order valence-electron chi connectivity index (χ4n) is 5.21. The Bertz CT molecular complexity index is 1720. The van der Waals surface area contributed by atoms with Crippen molar-refractivity contribution in [2.24, 2.45) is 0 Å². The number of ether oxygens (including phenoxy) is 4. The maximum atomic E-state index is 13.1. The zero-order valence-electron chi connectivity index (χ0n) is 25.3. The molecular formula is C35H37N3O5. The molecule has 43 heavy (non-hydrogen) atoms. The molecule has 5 rings (SSSR count). The maximum absolute atomic E-state index is 13.1. The van der Waals surface area contributed by atoms with Gasteiger partial charge in [-0.1, -0.05) is 29.8 Å². The van der Waals surface area contributed by atoms with Gasteiger partial charge >= 0.3 is 0 Å². The Morgan fingerprint density at radius 1 is 0.767 bits per heavy atom. The van der Waals surface area contributed by atoms with Gasteiger partial charge in [-0.05, 0) is 79.4 Å². The number of hydrogen-bond acceptors (Lipinski definition) is 6. The number of aromatic nitrogens is 2. The lowest BCUT2D eigenvalue weighted by molar-refractivity contribution is 0.0954. The van der Waals surface area contributed by atoms with Crippen molar-refractivity contribution in [2.45, 2.75) is 26.3 Å². The Hall–Kier alpha value is -4.98. The molecule has 4 aromatic carbocycles. The number of nitrogens with one attached hydrogen (secondary N) is 1. The number of fused-ring (bicyclic) bond motifs is 1. The number of benzene rings is 4. The topological polar surface area (TPSA) is 83.8 Å². The van der Waals surface area contributed by atoms with Crippen molar-refractivity contribution in [2.75, 3.05) is 35.0 Å². The second-order valence-electron chi connectivity index (χ2n) is 10.3. The summed E-state index contributed by atoms with van der Waals surface area (Å²) in [6, 6.07) is 25.7. The van der Waals surface area contributed by atoms with Crippen molar-refractivity contribution in [1.29, 1.82) is 0 Å². The van der Waals surface area contributed by atoms with Crippen LogP contribution < -0.4 is 24.3 Å². The molecule has 0 atom stereocenters. The van der Waals surface area contributed by atoms with Crippen LogP contribution in [0.25, 0.3) is 22.4 Å². The van der Waals surface area contributed by atoms with Crippen LogP contribution in [-0.4, -0.2) is 50.4 Å². The lowest BCUT2D eigenvalue weighted by atomic mass is 10.1. The van der Waals surface area contributed by atoms with E-state index in [1.807, 2.05) is 54.6 Å². The summed E-state index contributed by atoms with van der Waals surface area (Å²) in [4.78, 5) is 18.2. The summed E-state index contributed by atoms with van der Waals surface area (Å²) in [7, 11) is 6.53. The van der Waals surface area contributed by atoms with Gasteiger partial charge in [0, 0.05) is 30.3 Å². The van der Waals surface area contributed by atoms with E-state index in [-0.39, 0.29) is 5.91 Å². The average molecular weight is 580 g/mol. The molecule has 0 radical (unpaired) electrons.